The molecule has 1 N–H and O–H groups in total. The molecule has 21 heavy (non-hydrogen) atoms. The molecule has 2 heterocycles. The predicted octanol–water partition coefficient (Wildman–Crippen LogP) is 0.766. The lowest BCUT2D eigenvalue weighted by atomic mass is 10.3. The van der Waals surface area contributed by atoms with Gasteiger partial charge in [0.15, 0.2) is 0 Å². The van der Waals surface area contributed by atoms with Gasteiger partial charge in [0.2, 0.25) is 0 Å². The smallest absolute Gasteiger partial charge is 0.345 e. The normalized spacial score (nSPS) is 16.4. The van der Waals surface area contributed by atoms with E-state index >= 15 is 0 Å². The molecule has 1 amide bonds. The highest BCUT2D eigenvalue weighted by atomic mass is 32.1. The van der Waals surface area contributed by atoms with Crippen LogP contribution in [0.4, 0.5) is 0 Å². The van der Waals surface area contributed by atoms with Crippen LogP contribution in [-0.4, -0.2) is 85.0 Å². The largest absolute Gasteiger partial charge is 0.477 e. The Labute approximate surface area is 128 Å². The second kappa shape index (κ2) is 7.02. The molecule has 1 saturated heterocycles. The average molecular weight is 311 g/mol. The van der Waals surface area contributed by atoms with E-state index in [1.165, 1.54) is 6.07 Å². The molecule has 1 aromatic rings. The topological polar surface area (TPSA) is 64.1 Å². The number of thiophene rings is 1. The fraction of sp³-hybridized carbons (Fsp3) is 0.571. The summed E-state index contributed by atoms with van der Waals surface area (Å²) in [5, 5.41) is 8.90. The monoisotopic (exact) mass is 311 g/mol. The van der Waals surface area contributed by atoms with E-state index in [1.54, 1.807) is 6.07 Å². The number of hydrogen-bond donors (Lipinski definition) is 1. The SMILES string of the molecule is CN(C)CCN1CCN(C(=O)c2ccc(C(=O)O)s2)CC1. The summed E-state index contributed by atoms with van der Waals surface area (Å²) in [5.41, 5.74) is 0. The third kappa shape index (κ3) is 4.26. The Morgan fingerprint density at radius 3 is 2.33 bits per heavy atom. The first kappa shape index (κ1) is 15.9. The summed E-state index contributed by atoms with van der Waals surface area (Å²) in [6.07, 6.45) is 0. The Morgan fingerprint density at radius 2 is 1.81 bits per heavy atom. The number of amides is 1. The maximum atomic E-state index is 12.3. The van der Waals surface area contributed by atoms with Crippen LogP contribution in [0.2, 0.25) is 0 Å². The fourth-order valence-electron chi connectivity index (χ4n) is 2.24. The number of aromatic carboxylic acids is 1. The molecule has 116 valence electrons. The maximum absolute atomic E-state index is 12.3. The van der Waals surface area contributed by atoms with Crippen molar-refractivity contribution in [3.63, 3.8) is 0 Å². The average Bonchev–Trinajstić information content (AvgIpc) is 2.95. The van der Waals surface area contributed by atoms with Crippen LogP contribution in [0.5, 0.6) is 0 Å². The molecular formula is C14H21N3O3S. The van der Waals surface area contributed by atoms with Crippen LogP contribution in [0, 0.1) is 0 Å². The number of nitrogens with zero attached hydrogens (tertiary/aromatic N) is 3. The molecule has 1 aliphatic heterocycles. The number of carbonyl (C=O) groups excluding carboxylic acids is 1. The lowest BCUT2D eigenvalue weighted by Gasteiger charge is -2.35. The van der Waals surface area contributed by atoms with Crippen LogP contribution >= 0.6 is 11.3 Å². The van der Waals surface area contributed by atoms with Gasteiger partial charge in [-0.05, 0) is 26.2 Å². The number of carboxylic acids is 1. The standard InChI is InChI=1S/C14H21N3O3S/c1-15(2)5-6-16-7-9-17(10-8-16)13(18)11-3-4-12(21-11)14(19)20/h3-4H,5-10H2,1-2H3,(H,19,20). The molecule has 1 fully saturated rings. The van der Waals surface area contributed by atoms with Crippen molar-refractivity contribution in [3.05, 3.63) is 21.9 Å². The van der Waals surface area contributed by atoms with Crippen molar-refractivity contribution in [3.8, 4) is 0 Å². The molecule has 0 saturated carbocycles. The molecule has 6 nitrogen and oxygen atoms in total. The third-order valence-electron chi connectivity index (χ3n) is 3.55. The minimum absolute atomic E-state index is 0.0558. The van der Waals surface area contributed by atoms with Gasteiger partial charge in [-0.15, -0.1) is 11.3 Å². The van der Waals surface area contributed by atoms with Gasteiger partial charge >= 0.3 is 5.97 Å². The van der Waals surface area contributed by atoms with E-state index in [-0.39, 0.29) is 10.8 Å². The van der Waals surface area contributed by atoms with Crippen molar-refractivity contribution in [1.29, 1.82) is 0 Å². The van der Waals surface area contributed by atoms with Gasteiger partial charge < -0.3 is 14.9 Å². The summed E-state index contributed by atoms with van der Waals surface area (Å²) >= 11 is 1.05. The fourth-order valence-corrected chi connectivity index (χ4v) is 3.05. The second-order valence-electron chi connectivity index (χ2n) is 5.41. The van der Waals surface area contributed by atoms with Gasteiger partial charge in [0.05, 0.1) is 4.88 Å². The maximum Gasteiger partial charge on any atom is 0.345 e. The molecule has 2 rings (SSSR count). The first-order valence-corrected chi connectivity index (χ1v) is 7.78. The van der Waals surface area contributed by atoms with Crippen LogP contribution in [0.25, 0.3) is 0 Å². The Bertz CT molecular complexity index is 507. The Kier molecular flexibility index (Phi) is 5.33. The van der Waals surface area contributed by atoms with Gasteiger partial charge in [-0.25, -0.2) is 4.79 Å². The second-order valence-corrected chi connectivity index (χ2v) is 6.49. The van der Waals surface area contributed by atoms with Crippen LogP contribution in [0.15, 0.2) is 12.1 Å². The number of rotatable bonds is 5. The quantitative estimate of drug-likeness (QED) is 0.870. The molecule has 1 aromatic heterocycles. The first-order valence-electron chi connectivity index (χ1n) is 6.97. The van der Waals surface area contributed by atoms with Gasteiger partial charge in [0.25, 0.3) is 5.91 Å². The molecule has 7 heteroatoms. The van der Waals surface area contributed by atoms with Crippen LogP contribution in [0.1, 0.15) is 19.3 Å². The van der Waals surface area contributed by atoms with E-state index in [0.29, 0.717) is 18.0 Å². The zero-order valence-electron chi connectivity index (χ0n) is 12.4. The molecule has 0 atom stereocenters. The zero-order valence-corrected chi connectivity index (χ0v) is 13.2. The Balaban J connectivity index is 1.86. The highest BCUT2D eigenvalue weighted by molar-refractivity contribution is 7.15. The van der Waals surface area contributed by atoms with E-state index in [1.807, 2.05) is 4.90 Å². The molecule has 0 unspecified atom stereocenters. The number of likely N-dealkylation sites (N-methyl/N-ethyl adjacent to an activating group) is 1. The number of piperazine rings is 1. The third-order valence-corrected chi connectivity index (χ3v) is 4.61. The summed E-state index contributed by atoms with van der Waals surface area (Å²) in [4.78, 5) is 30.2. The van der Waals surface area contributed by atoms with Gasteiger partial charge in [-0.3, -0.25) is 9.69 Å². The minimum Gasteiger partial charge on any atom is -0.477 e. The van der Waals surface area contributed by atoms with E-state index < -0.39 is 5.97 Å². The molecule has 0 aromatic carbocycles. The summed E-state index contributed by atoms with van der Waals surface area (Å²) in [6.45, 7) is 5.17. The van der Waals surface area contributed by atoms with Crippen LogP contribution in [0.3, 0.4) is 0 Å². The Morgan fingerprint density at radius 1 is 1.19 bits per heavy atom. The lowest BCUT2D eigenvalue weighted by molar-refractivity contribution is 0.0634. The van der Waals surface area contributed by atoms with Crippen molar-refractivity contribution < 1.29 is 14.7 Å². The molecule has 0 aliphatic carbocycles. The van der Waals surface area contributed by atoms with Gasteiger partial charge in [-0.1, -0.05) is 0 Å². The highest BCUT2D eigenvalue weighted by Gasteiger charge is 2.23. The van der Waals surface area contributed by atoms with E-state index in [9.17, 15) is 9.59 Å². The summed E-state index contributed by atoms with van der Waals surface area (Å²) in [6, 6.07) is 3.10. The van der Waals surface area contributed by atoms with Gasteiger partial charge in [0.1, 0.15) is 4.88 Å². The number of carboxylic acid groups (broad SMARTS) is 1. The molecule has 0 spiro atoms. The molecule has 0 radical (unpaired) electrons. The van der Waals surface area contributed by atoms with Gasteiger partial charge in [-0.2, -0.15) is 0 Å². The summed E-state index contributed by atoms with van der Waals surface area (Å²) in [7, 11) is 4.10. The molecule has 0 bridgehead atoms. The van der Waals surface area contributed by atoms with Crippen LogP contribution in [-0.2, 0) is 0 Å². The van der Waals surface area contributed by atoms with E-state index in [2.05, 4.69) is 23.9 Å². The summed E-state index contributed by atoms with van der Waals surface area (Å²) < 4.78 is 0. The number of carbonyl (C=O) groups is 2. The Hall–Kier alpha value is -1.44. The van der Waals surface area contributed by atoms with Crippen molar-refractivity contribution in [2.45, 2.75) is 0 Å². The van der Waals surface area contributed by atoms with Crippen molar-refractivity contribution in [1.82, 2.24) is 14.7 Å². The highest BCUT2D eigenvalue weighted by Crippen LogP contribution is 2.19. The molecule has 1 aliphatic rings. The van der Waals surface area contributed by atoms with Gasteiger partial charge in [0, 0.05) is 39.3 Å². The predicted molar refractivity (Wildman–Crippen MR) is 82.2 cm³/mol. The van der Waals surface area contributed by atoms with Crippen LogP contribution < -0.4 is 0 Å². The van der Waals surface area contributed by atoms with E-state index in [0.717, 1.165) is 37.5 Å². The summed E-state index contributed by atoms with van der Waals surface area (Å²) in [5.74, 6) is -1.03. The van der Waals surface area contributed by atoms with Crippen molar-refractivity contribution >= 4 is 23.2 Å². The van der Waals surface area contributed by atoms with E-state index in [4.69, 9.17) is 5.11 Å². The lowest BCUT2D eigenvalue weighted by Crippen LogP contribution is -2.49. The zero-order chi connectivity index (χ0) is 15.4. The number of hydrogen-bond acceptors (Lipinski definition) is 5. The first-order chi connectivity index (χ1) is 9.97. The van der Waals surface area contributed by atoms with Crippen molar-refractivity contribution in [2.24, 2.45) is 0 Å². The minimum atomic E-state index is -0.979. The molecular weight excluding hydrogens is 290 g/mol. The van der Waals surface area contributed by atoms with Crippen molar-refractivity contribution in [2.75, 3.05) is 53.4 Å².